The maximum absolute atomic E-state index is 13.2. The number of carbonyl (C=O) groups excluding carboxylic acids is 1. The number of amides is 1. The molecule has 0 spiro atoms. The van der Waals surface area contributed by atoms with E-state index >= 15 is 0 Å². The number of carbonyl (C=O) groups is 1. The van der Waals surface area contributed by atoms with Gasteiger partial charge in [-0.15, -0.1) is 0 Å². The van der Waals surface area contributed by atoms with Crippen LogP contribution in [0, 0.1) is 11.3 Å². The second kappa shape index (κ2) is 10.5. The van der Waals surface area contributed by atoms with Gasteiger partial charge in [0.15, 0.2) is 0 Å². The minimum absolute atomic E-state index is 0.146. The second-order valence-corrected chi connectivity index (χ2v) is 11.2. The first-order valence-corrected chi connectivity index (χ1v) is 14.2. The lowest BCUT2D eigenvalue weighted by Crippen LogP contribution is -2.42. The van der Waals surface area contributed by atoms with Gasteiger partial charge in [-0.1, -0.05) is 24.3 Å². The Labute approximate surface area is 222 Å². The van der Waals surface area contributed by atoms with Crippen LogP contribution in [-0.4, -0.2) is 49.6 Å². The molecule has 5 rings (SSSR count). The minimum atomic E-state index is -3.50. The predicted octanol–water partition coefficient (Wildman–Crippen LogP) is 4.86. The van der Waals surface area contributed by atoms with Crippen molar-refractivity contribution in [1.82, 2.24) is 9.88 Å². The number of aromatic nitrogens is 1. The third-order valence-corrected chi connectivity index (χ3v) is 7.27. The van der Waals surface area contributed by atoms with Gasteiger partial charge in [0, 0.05) is 42.6 Å². The Bertz CT molecular complexity index is 1650. The molecule has 0 saturated carbocycles. The number of hydrogen-bond donors (Lipinski definition) is 2. The zero-order chi connectivity index (χ0) is 26.7. The molecule has 1 saturated heterocycles. The largest absolute Gasteiger partial charge is 0.382 e. The number of anilines is 2. The summed E-state index contributed by atoms with van der Waals surface area (Å²) in [5.74, 6) is -0.191. The molecule has 38 heavy (non-hydrogen) atoms. The molecular weight excluding hydrogens is 498 g/mol. The average molecular weight is 526 g/mol. The molecule has 0 bridgehead atoms. The summed E-state index contributed by atoms with van der Waals surface area (Å²) in [6.45, 7) is 1.09. The summed E-state index contributed by atoms with van der Waals surface area (Å²) in [7, 11) is -3.50. The molecule has 0 aliphatic carbocycles. The van der Waals surface area contributed by atoms with Gasteiger partial charge in [0.25, 0.3) is 5.91 Å². The summed E-state index contributed by atoms with van der Waals surface area (Å²) in [6.07, 6.45) is 6.16. The van der Waals surface area contributed by atoms with Gasteiger partial charge in [-0.05, 0) is 71.8 Å². The maximum Gasteiger partial charge on any atom is 0.255 e. The molecule has 0 radical (unpaired) electrons. The van der Waals surface area contributed by atoms with Crippen LogP contribution >= 0.6 is 0 Å². The number of nitriles is 1. The Morgan fingerprint density at radius 1 is 1.00 bits per heavy atom. The topological polar surface area (TPSA) is 115 Å². The average Bonchev–Trinajstić information content (AvgIpc) is 2.92. The van der Waals surface area contributed by atoms with E-state index in [1.54, 1.807) is 41.4 Å². The quantitative estimate of drug-likeness (QED) is 0.371. The molecule has 9 heteroatoms. The lowest BCUT2D eigenvalue weighted by Gasteiger charge is -2.33. The van der Waals surface area contributed by atoms with Gasteiger partial charge >= 0.3 is 0 Å². The Hall–Kier alpha value is -4.42. The molecule has 192 valence electrons. The molecule has 1 aliphatic rings. The lowest BCUT2D eigenvalue weighted by molar-refractivity contribution is 0.0719. The number of para-hydroxylation sites is 1. The summed E-state index contributed by atoms with van der Waals surface area (Å²) in [5, 5.41) is 15.0. The Kier molecular flexibility index (Phi) is 6.99. The third kappa shape index (κ3) is 5.61. The zero-order valence-electron chi connectivity index (χ0n) is 20.9. The van der Waals surface area contributed by atoms with Crippen molar-refractivity contribution in [3.05, 3.63) is 90.3 Å². The number of nitrogens with one attached hydrogen (secondary N) is 2. The van der Waals surface area contributed by atoms with Gasteiger partial charge in [0.2, 0.25) is 10.0 Å². The Morgan fingerprint density at radius 3 is 2.55 bits per heavy atom. The molecule has 3 aromatic carbocycles. The van der Waals surface area contributed by atoms with Gasteiger partial charge < -0.3 is 10.2 Å². The van der Waals surface area contributed by atoms with Crippen LogP contribution in [0.25, 0.3) is 21.9 Å². The van der Waals surface area contributed by atoms with Crippen LogP contribution < -0.4 is 10.0 Å². The fourth-order valence-corrected chi connectivity index (χ4v) is 5.41. The van der Waals surface area contributed by atoms with Crippen molar-refractivity contribution in [2.45, 2.75) is 18.9 Å². The van der Waals surface area contributed by atoms with Crippen LogP contribution in [0.5, 0.6) is 0 Å². The van der Waals surface area contributed by atoms with E-state index < -0.39 is 10.0 Å². The number of sulfonamides is 1. The highest BCUT2D eigenvalue weighted by atomic mass is 32.2. The van der Waals surface area contributed by atoms with Crippen LogP contribution in [-0.2, 0) is 10.0 Å². The smallest absolute Gasteiger partial charge is 0.255 e. The van der Waals surface area contributed by atoms with Gasteiger partial charge in [0.1, 0.15) is 0 Å². The van der Waals surface area contributed by atoms with Crippen LogP contribution in [0.1, 0.15) is 28.8 Å². The van der Waals surface area contributed by atoms with Gasteiger partial charge in [-0.2, -0.15) is 5.26 Å². The standard InChI is InChI=1S/C29H27N5O3S/c1-38(36,37)33-27-8-3-2-7-25(27)29(35)34-13-10-24(11-14-34)32-28-17-23(16-22-9-12-31-19-26(22)28)21-6-4-5-20(15-21)18-30/h2-9,12,15-17,19,24,32-33H,10-11,13-14H2,1H3. The van der Waals surface area contributed by atoms with Gasteiger partial charge in [-0.25, -0.2) is 8.42 Å². The van der Waals surface area contributed by atoms with Crippen LogP contribution in [0.15, 0.2) is 79.1 Å². The molecule has 8 nitrogen and oxygen atoms in total. The summed E-state index contributed by atoms with van der Waals surface area (Å²) >= 11 is 0. The fraction of sp³-hybridized carbons (Fsp3) is 0.207. The Balaban J connectivity index is 1.34. The van der Waals surface area contributed by atoms with Crippen molar-refractivity contribution < 1.29 is 13.2 Å². The second-order valence-electron chi connectivity index (χ2n) is 9.44. The van der Waals surface area contributed by atoms with Crippen LogP contribution in [0.4, 0.5) is 11.4 Å². The summed E-state index contributed by atoms with van der Waals surface area (Å²) < 4.78 is 25.9. The van der Waals surface area contributed by atoms with Gasteiger partial charge in [0.05, 0.1) is 29.1 Å². The molecule has 1 aliphatic heterocycles. The molecule has 1 aromatic heterocycles. The van der Waals surface area contributed by atoms with E-state index in [1.807, 2.05) is 30.5 Å². The van der Waals surface area contributed by atoms with Crippen LogP contribution in [0.3, 0.4) is 0 Å². The van der Waals surface area contributed by atoms with Crippen molar-refractivity contribution in [2.24, 2.45) is 0 Å². The zero-order valence-corrected chi connectivity index (χ0v) is 21.7. The first kappa shape index (κ1) is 25.2. The number of nitrogens with zero attached hydrogens (tertiary/aromatic N) is 3. The van der Waals surface area contributed by atoms with E-state index in [0.717, 1.165) is 46.7 Å². The first-order valence-electron chi connectivity index (χ1n) is 12.3. The van der Waals surface area contributed by atoms with Gasteiger partial charge in [-0.3, -0.25) is 14.5 Å². The van der Waals surface area contributed by atoms with Crippen molar-refractivity contribution in [1.29, 1.82) is 5.26 Å². The number of hydrogen-bond acceptors (Lipinski definition) is 6. The van der Waals surface area contributed by atoms with Crippen molar-refractivity contribution in [3.8, 4) is 17.2 Å². The third-order valence-electron chi connectivity index (χ3n) is 6.68. The molecule has 1 fully saturated rings. The molecule has 2 N–H and O–H groups in total. The minimum Gasteiger partial charge on any atom is -0.382 e. The van der Waals surface area contributed by atoms with E-state index in [9.17, 15) is 18.5 Å². The van der Waals surface area contributed by atoms with Crippen molar-refractivity contribution in [3.63, 3.8) is 0 Å². The van der Waals surface area contributed by atoms with Crippen molar-refractivity contribution in [2.75, 3.05) is 29.4 Å². The number of likely N-dealkylation sites (tertiary alicyclic amines) is 1. The lowest BCUT2D eigenvalue weighted by atomic mass is 9.98. The highest BCUT2D eigenvalue weighted by Crippen LogP contribution is 2.32. The molecule has 2 heterocycles. The number of pyridine rings is 1. The van der Waals surface area contributed by atoms with Crippen molar-refractivity contribution >= 4 is 38.1 Å². The number of piperidine rings is 1. The van der Waals surface area contributed by atoms with E-state index in [1.165, 1.54) is 0 Å². The molecular formula is C29H27N5O3S. The Morgan fingerprint density at radius 2 is 1.79 bits per heavy atom. The van der Waals surface area contributed by atoms with E-state index in [-0.39, 0.29) is 17.6 Å². The highest BCUT2D eigenvalue weighted by Gasteiger charge is 2.26. The molecule has 0 unspecified atom stereocenters. The summed E-state index contributed by atoms with van der Waals surface area (Å²) in [5.41, 5.74) is 4.17. The van der Waals surface area contributed by atoms with E-state index in [4.69, 9.17) is 0 Å². The SMILES string of the molecule is CS(=O)(=O)Nc1ccccc1C(=O)N1CCC(Nc2cc(-c3cccc(C#N)c3)cc3ccncc23)CC1. The van der Waals surface area contributed by atoms with Crippen LogP contribution in [0.2, 0.25) is 0 Å². The molecule has 0 atom stereocenters. The first-order chi connectivity index (χ1) is 18.3. The van der Waals surface area contributed by atoms with E-state index in [0.29, 0.717) is 24.2 Å². The normalized spacial score (nSPS) is 14.2. The fourth-order valence-electron chi connectivity index (χ4n) is 4.83. The molecule has 4 aromatic rings. The number of rotatable bonds is 6. The molecule has 1 amide bonds. The number of fused-ring (bicyclic) bond motifs is 1. The highest BCUT2D eigenvalue weighted by molar-refractivity contribution is 7.92. The monoisotopic (exact) mass is 525 g/mol. The maximum atomic E-state index is 13.2. The summed E-state index contributed by atoms with van der Waals surface area (Å²) in [6, 6.07) is 22.7. The summed E-state index contributed by atoms with van der Waals surface area (Å²) in [4.78, 5) is 19.3. The number of benzene rings is 3. The van der Waals surface area contributed by atoms with E-state index in [2.05, 4.69) is 33.2 Å². The predicted molar refractivity (Wildman–Crippen MR) is 149 cm³/mol.